The Labute approximate surface area is 116 Å². The van der Waals surface area contributed by atoms with E-state index in [1.54, 1.807) is 0 Å². The third-order valence-corrected chi connectivity index (χ3v) is 3.80. The summed E-state index contributed by atoms with van der Waals surface area (Å²) >= 11 is 0. The lowest BCUT2D eigenvalue weighted by atomic mass is 9.96. The van der Waals surface area contributed by atoms with Crippen molar-refractivity contribution in [3.63, 3.8) is 0 Å². The number of aryl methyl sites for hydroxylation is 1. The SMILES string of the molecule is CCCC(C)CC(NC)c1cc2cc(C)ccc2o1. The van der Waals surface area contributed by atoms with Gasteiger partial charge in [-0.2, -0.15) is 0 Å². The molecule has 2 nitrogen and oxygen atoms in total. The molecular formula is C17H25NO. The molecular weight excluding hydrogens is 234 g/mol. The molecule has 1 N–H and O–H groups in total. The van der Waals surface area contributed by atoms with Crippen molar-refractivity contribution in [1.29, 1.82) is 0 Å². The summed E-state index contributed by atoms with van der Waals surface area (Å²) in [4.78, 5) is 0. The molecule has 2 heteroatoms. The number of hydrogen-bond acceptors (Lipinski definition) is 2. The van der Waals surface area contributed by atoms with Gasteiger partial charge in [0, 0.05) is 5.39 Å². The molecule has 104 valence electrons. The number of hydrogen-bond donors (Lipinski definition) is 1. The van der Waals surface area contributed by atoms with Gasteiger partial charge in [-0.1, -0.05) is 38.3 Å². The fraction of sp³-hybridized carbons (Fsp3) is 0.529. The first-order valence-corrected chi connectivity index (χ1v) is 7.31. The average Bonchev–Trinajstić information content (AvgIpc) is 2.78. The second kappa shape index (κ2) is 6.25. The van der Waals surface area contributed by atoms with E-state index in [-0.39, 0.29) is 0 Å². The van der Waals surface area contributed by atoms with E-state index in [9.17, 15) is 0 Å². The summed E-state index contributed by atoms with van der Waals surface area (Å²) in [5.41, 5.74) is 2.27. The fourth-order valence-electron chi connectivity index (χ4n) is 2.74. The van der Waals surface area contributed by atoms with Crippen LogP contribution in [0.2, 0.25) is 0 Å². The van der Waals surface area contributed by atoms with Gasteiger partial charge in [0.15, 0.2) is 0 Å². The number of fused-ring (bicyclic) bond motifs is 1. The number of rotatable bonds is 6. The van der Waals surface area contributed by atoms with Crippen LogP contribution in [-0.2, 0) is 0 Å². The van der Waals surface area contributed by atoms with E-state index in [0.717, 1.165) is 23.7 Å². The zero-order valence-electron chi connectivity index (χ0n) is 12.5. The van der Waals surface area contributed by atoms with Crippen molar-refractivity contribution in [2.75, 3.05) is 7.05 Å². The van der Waals surface area contributed by atoms with E-state index in [1.165, 1.54) is 23.8 Å². The Morgan fingerprint density at radius 3 is 2.74 bits per heavy atom. The Balaban J connectivity index is 2.20. The molecule has 2 atom stereocenters. The maximum atomic E-state index is 5.99. The van der Waals surface area contributed by atoms with Gasteiger partial charge in [-0.25, -0.2) is 0 Å². The summed E-state index contributed by atoms with van der Waals surface area (Å²) in [6, 6.07) is 8.85. The zero-order chi connectivity index (χ0) is 13.8. The highest BCUT2D eigenvalue weighted by Crippen LogP contribution is 2.29. The van der Waals surface area contributed by atoms with Gasteiger partial charge < -0.3 is 9.73 Å². The lowest BCUT2D eigenvalue weighted by Crippen LogP contribution is -2.18. The van der Waals surface area contributed by atoms with Crippen LogP contribution >= 0.6 is 0 Å². The van der Waals surface area contributed by atoms with Gasteiger partial charge in [-0.05, 0) is 44.5 Å². The van der Waals surface area contributed by atoms with Crippen LogP contribution in [0.25, 0.3) is 11.0 Å². The minimum atomic E-state index is 0.314. The average molecular weight is 259 g/mol. The second-order valence-electron chi connectivity index (χ2n) is 5.66. The Bertz CT molecular complexity index is 529. The molecule has 0 aliphatic rings. The van der Waals surface area contributed by atoms with Crippen LogP contribution in [0.1, 0.15) is 50.5 Å². The van der Waals surface area contributed by atoms with Crippen molar-refractivity contribution in [2.45, 2.75) is 46.1 Å². The topological polar surface area (TPSA) is 25.2 Å². The van der Waals surface area contributed by atoms with Crippen molar-refractivity contribution >= 4 is 11.0 Å². The summed E-state index contributed by atoms with van der Waals surface area (Å²) in [6.45, 7) is 6.68. The summed E-state index contributed by atoms with van der Waals surface area (Å²) in [5, 5.41) is 4.60. The molecule has 0 spiro atoms. The predicted octanol–water partition coefficient (Wildman–Crippen LogP) is 4.83. The molecule has 1 heterocycles. The monoisotopic (exact) mass is 259 g/mol. The highest BCUT2D eigenvalue weighted by Gasteiger charge is 2.17. The van der Waals surface area contributed by atoms with Crippen molar-refractivity contribution in [3.05, 3.63) is 35.6 Å². The van der Waals surface area contributed by atoms with Crippen molar-refractivity contribution in [3.8, 4) is 0 Å². The van der Waals surface area contributed by atoms with Crippen molar-refractivity contribution in [2.24, 2.45) is 5.92 Å². The zero-order valence-corrected chi connectivity index (χ0v) is 12.5. The highest BCUT2D eigenvalue weighted by molar-refractivity contribution is 5.78. The van der Waals surface area contributed by atoms with Gasteiger partial charge >= 0.3 is 0 Å². The van der Waals surface area contributed by atoms with E-state index in [1.807, 2.05) is 7.05 Å². The van der Waals surface area contributed by atoms with E-state index in [4.69, 9.17) is 4.42 Å². The molecule has 0 radical (unpaired) electrons. The summed E-state index contributed by atoms with van der Waals surface area (Å²) in [5.74, 6) is 1.78. The molecule has 2 aromatic rings. The minimum Gasteiger partial charge on any atom is -0.459 e. The van der Waals surface area contributed by atoms with E-state index in [0.29, 0.717) is 6.04 Å². The Hall–Kier alpha value is -1.28. The molecule has 1 aromatic heterocycles. The maximum Gasteiger partial charge on any atom is 0.134 e. The van der Waals surface area contributed by atoms with Gasteiger partial charge in [-0.15, -0.1) is 0 Å². The van der Waals surface area contributed by atoms with E-state index in [2.05, 4.69) is 50.4 Å². The molecule has 0 amide bonds. The molecule has 0 aliphatic heterocycles. The molecule has 0 aliphatic carbocycles. The van der Waals surface area contributed by atoms with Crippen LogP contribution in [0.3, 0.4) is 0 Å². The van der Waals surface area contributed by atoms with Crippen LogP contribution in [0, 0.1) is 12.8 Å². The van der Waals surface area contributed by atoms with Gasteiger partial charge in [0.1, 0.15) is 11.3 Å². The third kappa shape index (κ3) is 3.38. The molecule has 19 heavy (non-hydrogen) atoms. The quantitative estimate of drug-likeness (QED) is 0.804. The van der Waals surface area contributed by atoms with Gasteiger partial charge in [-0.3, -0.25) is 0 Å². The number of furan rings is 1. The van der Waals surface area contributed by atoms with E-state index >= 15 is 0 Å². The summed E-state index contributed by atoms with van der Waals surface area (Å²) in [7, 11) is 2.02. The smallest absolute Gasteiger partial charge is 0.134 e. The maximum absolute atomic E-state index is 5.99. The van der Waals surface area contributed by atoms with Crippen molar-refractivity contribution in [1.82, 2.24) is 5.32 Å². The highest BCUT2D eigenvalue weighted by atomic mass is 16.3. The normalized spacial score (nSPS) is 14.7. The van der Waals surface area contributed by atoms with Crippen LogP contribution < -0.4 is 5.32 Å². The van der Waals surface area contributed by atoms with Crippen LogP contribution in [0.15, 0.2) is 28.7 Å². The summed E-state index contributed by atoms with van der Waals surface area (Å²) in [6.07, 6.45) is 3.65. The molecule has 0 bridgehead atoms. The third-order valence-electron chi connectivity index (χ3n) is 3.80. The van der Waals surface area contributed by atoms with Crippen molar-refractivity contribution < 1.29 is 4.42 Å². The summed E-state index contributed by atoms with van der Waals surface area (Å²) < 4.78 is 5.99. The van der Waals surface area contributed by atoms with Gasteiger partial charge in [0.2, 0.25) is 0 Å². The molecule has 0 saturated heterocycles. The Morgan fingerprint density at radius 2 is 2.05 bits per heavy atom. The molecule has 2 rings (SSSR count). The van der Waals surface area contributed by atoms with Gasteiger partial charge in [0.25, 0.3) is 0 Å². The molecule has 0 fully saturated rings. The Kier molecular flexibility index (Phi) is 4.65. The number of benzene rings is 1. The lowest BCUT2D eigenvalue weighted by molar-refractivity contribution is 0.362. The lowest BCUT2D eigenvalue weighted by Gasteiger charge is -2.18. The predicted molar refractivity (Wildman–Crippen MR) is 81.4 cm³/mol. The van der Waals surface area contributed by atoms with Crippen LogP contribution in [0.5, 0.6) is 0 Å². The van der Waals surface area contributed by atoms with E-state index < -0.39 is 0 Å². The first-order chi connectivity index (χ1) is 9.13. The molecule has 2 unspecified atom stereocenters. The minimum absolute atomic E-state index is 0.314. The van der Waals surface area contributed by atoms with Crippen LogP contribution in [0.4, 0.5) is 0 Å². The van der Waals surface area contributed by atoms with Gasteiger partial charge in [0.05, 0.1) is 6.04 Å². The van der Waals surface area contributed by atoms with Crippen LogP contribution in [-0.4, -0.2) is 7.05 Å². The molecule has 1 aromatic carbocycles. The second-order valence-corrected chi connectivity index (χ2v) is 5.66. The molecule has 0 saturated carbocycles. The fourth-order valence-corrected chi connectivity index (χ4v) is 2.74. The number of nitrogens with one attached hydrogen (secondary N) is 1. The Morgan fingerprint density at radius 1 is 1.26 bits per heavy atom. The largest absolute Gasteiger partial charge is 0.459 e. The first kappa shape index (κ1) is 14.1. The first-order valence-electron chi connectivity index (χ1n) is 7.31. The standard InChI is InChI=1S/C17H25NO/c1-5-6-12(2)10-15(18-4)17-11-14-9-13(3)7-8-16(14)19-17/h7-9,11-12,15,18H,5-6,10H2,1-4H3.